The Hall–Kier alpha value is -0.990. The number of benzene rings is 1. The Morgan fingerprint density at radius 2 is 1.93 bits per heavy atom. The van der Waals surface area contributed by atoms with Gasteiger partial charge in [0.2, 0.25) is 0 Å². The zero-order valence-corrected chi connectivity index (χ0v) is 8.93. The van der Waals surface area contributed by atoms with E-state index < -0.39 is 0 Å². The van der Waals surface area contributed by atoms with Crippen molar-refractivity contribution in [3.05, 3.63) is 40.4 Å². The average molecular weight is 228 g/mol. The van der Waals surface area contributed by atoms with Gasteiger partial charge in [-0.3, -0.25) is 0 Å². The number of oxazole rings is 1. The first-order valence-corrected chi connectivity index (χ1v) is 4.82. The van der Waals surface area contributed by atoms with Crippen molar-refractivity contribution in [2.24, 2.45) is 0 Å². The lowest BCUT2D eigenvalue weighted by molar-refractivity contribution is 0.530. The fraction of sp³-hybridized carbons (Fsp3) is 0.100. The fourth-order valence-electron chi connectivity index (χ4n) is 1.27. The molecule has 1 aromatic heterocycles. The molecule has 14 heavy (non-hydrogen) atoms. The summed E-state index contributed by atoms with van der Waals surface area (Å²) in [7, 11) is 0. The normalized spacial score (nSPS) is 10.5. The Balaban J connectivity index is 2.60. The third-order valence-corrected chi connectivity index (χ3v) is 2.39. The molecule has 0 atom stereocenters. The van der Waals surface area contributed by atoms with Gasteiger partial charge in [-0.1, -0.05) is 29.8 Å². The number of aryl methyl sites for hydroxylation is 1. The molecular formula is C10H7Cl2NO. The summed E-state index contributed by atoms with van der Waals surface area (Å²) >= 11 is 11.7. The van der Waals surface area contributed by atoms with Gasteiger partial charge in [0.05, 0.1) is 5.02 Å². The molecule has 0 saturated carbocycles. The minimum atomic E-state index is 0.136. The Morgan fingerprint density at radius 1 is 1.21 bits per heavy atom. The van der Waals surface area contributed by atoms with E-state index in [0.717, 1.165) is 5.56 Å². The minimum Gasteiger partial charge on any atom is -0.432 e. The van der Waals surface area contributed by atoms with Crippen LogP contribution in [-0.2, 0) is 0 Å². The van der Waals surface area contributed by atoms with E-state index in [0.29, 0.717) is 16.5 Å². The third kappa shape index (κ3) is 1.63. The summed E-state index contributed by atoms with van der Waals surface area (Å²) in [6, 6.07) is 7.44. The molecule has 0 spiro atoms. The Bertz CT molecular complexity index is 465. The quantitative estimate of drug-likeness (QED) is 0.738. The van der Waals surface area contributed by atoms with Crippen molar-refractivity contribution in [3.63, 3.8) is 0 Å². The van der Waals surface area contributed by atoms with Gasteiger partial charge < -0.3 is 4.42 Å². The molecule has 1 aromatic carbocycles. The molecule has 0 bridgehead atoms. The maximum absolute atomic E-state index is 6.02. The Morgan fingerprint density at radius 3 is 2.50 bits per heavy atom. The largest absolute Gasteiger partial charge is 0.432 e. The molecule has 1 heterocycles. The molecule has 2 nitrogen and oxygen atoms in total. The zero-order valence-electron chi connectivity index (χ0n) is 7.42. The summed E-state index contributed by atoms with van der Waals surface area (Å²) in [6.07, 6.45) is 0. The third-order valence-electron chi connectivity index (χ3n) is 1.90. The van der Waals surface area contributed by atoms with Crippen LogP contribution in [-0.4, -0.2) is 4.98 Å². The standard InChI is InChI=1S/C10H7Cl2NO/c1-6-9(13-10(12)14-6)7-4-2-3-5-8(7)11/h2-5H,1H3. The lowest BCUT2D eigenvalue weighted by Crippen LogP contribution is -1.81. The summed E-state index contributed by atoms with van der Waals surface area (Å²) in [5.74, 6) is 0.670. The van der Waals surface area contributed by atoms with Gasteiger partial charge in [-0.15, -0.1) is 0 Å². The first-order chi connectivity index (χ1) is 6.68. The maximum atomic E-state index is 6.02. The summed E-state index contributed by atoms with van der Waals surface area (Å²) in [6.45, 7) is 1.80. The monoisotopic (exact) mass is 227 g/mol. The van der Waals surface area contributed by atoms with E-state index in [4.69, 9.17) is 27.6 Å². The van der Waals surface area contributed by atoms with Crippen LogP contribution in [0.25, 0.3) is 11.3 Å². The molecule has 0 unspecified atom stereocenters. The molecule has 4 heteroatoms. The van der Waals surface area contributed by atoms with Gasteiger partial charge in [0.15, 0.2) is 0 Å². The predicted molar refractivity (Wildman–Crippen MR) is 56.7 cm³/mol. The summed E-state index contributed by atoms with van der Waals surface area (Å²) < 4.78 is 5.12. The van der Waals surface area contributed by atoms with Gasteiger partial charge in [0.25, 0.3) is 5.35 Å². The average Bonchev–Trinajstić information content (AvgIpc) is 2.46. The van der Waals surface area contributed by atoms with Crippen molar-refractivity contribution >= 4 is 23.2 Å². The molecule has 0 radical (unpaired) electrons. The van der Waals surface area contributed by atoms with E-state index in [9.17, 15) is 0 Å². The lowest BCUT2D eigenvalue weighted by Gasteiger charge is -1.99. The second kappa shape index (κ2) is 3.64. The second-order valence-electron chi connectivity index (χ2n) is 2.85. The number of aromatic nitrogens is 1. The van der Waals surface area contributed by atoms with Crippen molar-refractivity contribution in [2.45, 2.75) is 6.92 Å². The SMILES string of the molecule is Cc1oc(Cl)nc1-c1ccccc1Cl. The van der Waals surface area contributed by atoms with Crippen LogP contribution >= 0.6 is 23.2 Å². The van der Waals surface area contributed by atoms with Crippen LogP contribution in [0.15, 0.2) is 28.7 Å². The van der Waals surface area contributed by atoms with Gasteiger partial charge in [-0.25, -0.2) is 0 Å². The number of halogens is 2. The molecule has 0 aliphatic carbocycles. The first kappa shape index (κ1) is 9.56. The Labute approximate surface area is 91.5 Å². The summed E-state index contributed by atoms with van der Waals surface area (Å²) in [5.41, 5.74) is 1.53. The van der Waals surface area contributed by atoms with Crippen LogP contribution in [0.3, 0.4) is 0 Å². The van der Waals surface area contributed by atoms with E-state index in [1.807, 2.05) is 18.2 Å². The van der Waals surface area contributed by atoms with Gasteiger partial charge in [0, 0.05) is 5.56 Å². The van der Waals surface area contributed by atoms with Gasteiger partial charge in [-0.2, -0.15) is 4.98 Å². The topological polar surface area (TPSA) is 26.0 Å². The summed E-state index contributed by atoms with van der Waals surface area (Å²) in [5, 5.41) is 0.776. The first-order valence-electron chi connectivity index (χ1n) is 4.06. The summed E-state index contributed by atoms with van der Waals surface area (Å²) in [4.78, 5) is 4.06. The van der Waals surface area contributed by atoms with Crippen molar-refractivity contribution in [1.82, 2.24) is 4.98 Å². The molecule has 0 aliphatic rings. The zero-order chi connectivity index (χ0) is 10.1. The number of hydrogen-bond acceptors (Lipinski definition) is 2. The molecule has 72 valence electrons. The van der Waals surface area contributed by atoms with E-state index in [-0.39, 0.29) is 5.35 Å². The number of rotatable bonds is 1. The predicted octanol–water partition coefficient (Wildman–Crippen LogP) is 3.96. The highest BCUT2D eigenvalue weighted by Gasteiger charge is 2.12. The second-order valence-corrected chi connectivity index (χ2v) is 3.58. The molecule has 0 N–H and O–H groups in total. The maximum Gasteiger partial charge on any atom is 0.292 e. The van der Waals surface area contributed by atoms with E-state index in [2.05, 4.69) is 4.98 Å². The van der Waals surface area contributed by atoms with Gasteiger partial charge >= 0.3 is 0 Å². The molecule has 0 aliphatic heterocycles. The van der Waals surface area contributed by atoms with Crippen LogP contribution in [0.4, 0.5) is 0 Å². The number of nitrogens with zero attached hydrogens (tertiary/aromatic N) is 1. The van der Waals surface area contributed by atoms with Crippen LogP contribution < -0.4 is 0 Å². The van der Waals surface area contributed by atoms with Gasteiger partial charge in [0.1, 0.15) is 11.5 Å². The molecule has 2 aromatic rings. The smallest absolute Gasteiger partial charge is 0.292 e. The minimum absolute atomic E-state index is 0.136. The van der Waals surface area contributed by atoms with Crippen molar-refractivity contribution in [2.75, 3.05) is 0 Å². The molecule has 0 fully saturated rings. The van der Waals surface area contributed by atoms with E-state index in [1.54, 1.807) is 13.0 Å². The van der Waals surface area contributed by atoms with Crippen molar-refractivity contribution in [1.29, 1.82) is 0 Å². The highest BCUT2D eigenvalue weighted by Crippen LogP contribution is 2.30. The fourth-order valence-corrected chi connectivity index (χ4v) is 1.69. The molecule has 0 saturated heterocycles. The van der Waals surface area contributed by atoms with Crippen LogP contribution in [0.5, 0.6) is 0 Å². The van der Waals surface area contributed by atoms with Crippen LogP contribution in [0, 0.1) is 6.92 Å². The molecule has 0 amide bonds. The van der Waals surface area contributed by atoms with Gasteiger partial charge in [-0.05, 0) is 24.6 Å². The molecular weight excluding hydrogens is 221 g/mol. The van der Waals surface area contributed by atoms with E-state index >= 15 is 0 Å². The lowest BCUT2D eigenvalue weighted by atomic mass is 10.1. The van der Waals surface area contributed by atoms with Crippen molar-refractivity contribution in [3.8, 4) is 11.3 Å². The molecule has 2 rings (SSSR count). The van der Waals surface area contributed by atoms with Crippen LogP contribution in [0.2, 0.25) is 10.4 Å². The highest BCUT2D eigenvalue weighted by atomic mass is 35.5. The number of hydrogen-bond donors (Lipinski definition) is 0. The van der Waals surface area contributed by atoms with Crippen molar-refractivity contribution < 1.29 is 4.42 Å². The van der Waals surface area contributed by atoms with E-state index in [1.165, 1.54) is 0 Å². The Kier molecular flexibility index (Phi) is 2.48. The highest BCUT2D eigenvalue weighted by molar-refractivity contribution is 6.33. The van der Waals surface area contributed by atoms with Crippen LogP contribution in [0.1, 0.15) is 5.76 Å².